The van der Waals surface area contributed by atoms with Crippen LogP contribution >= 0.6 is 0 Å². The van der Waals surface area contributed by atoms with E-state index in [1.54, 1.807) is 0 Å². The number of hydrogen-bond acceptors (Lipinski definition) is 4. The Hall–Kier alpha value is -2.43. The van der Waals surface area contributed by atoms with Crippen LogP contribution in [-0.4, -0.2) is 48.0 Å². The number of fused-ring (bicyclic) bond motifs is 1. The van der Waals surface area contributed by atoms with Crippen LogP contribution < -0.4 is 5.32 Å². The van der Waals surface area contributed by atoms with E-state index < -0.39 is 0 Å². The van der Waals surface area contributed by atoms with Crippen LogP contribution in [0.5, 0.6) is 0 Å². The lowest BCUT2D eigenvalue weighted by molar-refractivity contribution is 0.148. The Labute approximate surface area is 181 Å². The quantitative estimate of drug-likeness (QED) is 0.821. The van der Waals surface area contributed by atoms with Crippen molar-refractivity contribution in [2.24, 2.45) is 0 Å². The van der Waals surface area contributed by atoms with Gasteiger partial charge in [-0.05, 0) is 69.1 Å². The minimum absolute atomic E-state index is 0.0994. The lowest BCUT2D eigenvalue weighted by Crippen LogP contribution is -2.43. The van der Waals surface area contributed by atoms with Crippen molar-refractivity contribution in [3.63, 3.8) is 0 Å². The Balaban J connectivity index is 1.65. The van der Waals surface area contributed by atoms with Crippen molar-refractivity contribution in [1.29, 1.82) is 0 Å². The molecule has 2 aliphatic heterocycles. The van der Waals surface area contributed by atoms with E-state index in [-0.39, 0.29) is 5.54 Å². The molecule has 4 heteroatoms. The lowest BCUT2D eigenvalue weighted by atomic mass is 9.88. The molecular weight excluding hydrogens is 368 g/mol. The fourth-order valence-corrected chi connectivity index (χ4v) is 4.68. The summed E-state index contributed by atoms with van der Waals surface area (Å²) < 4.78 is 0. The Morgan fingerprint density at radius 2 is 1.93 bits per heavy atom. The van der Waals surface area contributed by atoms with Gasteiger partial charge in [-0.25, -0.2) is 0 Å². The molecule has 0 amide bonds. The van der Waals surface area contributed by atoms with Crippen LogP contribution in [0.25, 0.3) is 11.3 Å². The highest BCUT2D eigenvalue weighted by molar-refractivity contribution is 5.83. The maximum absolute atomic E-state index is 4.76. The number of pyridine rings is 1. The molecule has 1 aromatic heterocycles. The standard InChI is InChI=1S/C26H34N4/c1-7-22(21-8-9-23-19(3)28-26(4,5)25(23)15-21)24-14-20(16-27-18(24)2)17-30-12-10-29(6)11-13-30/h7-9,14-16,28H,3,10-13,17H2,1-2,4-6H3/b22-7-. The zero-order valence-corrected chi connectivity index (χ0v) is 19.0. The van der Waals surface area contributed by atoms with E-state index in [0.717, 1.165) is 44.1 Å². The first-order chi connectivity index (χ1) is 14.3. The van der Waals surface area contributed by atoms with E-state index in [9.17, 15) is 0 Å². The minimum atomic E-state index is -0.0994. The van der Waals surface area contributed by atoms with E-state index in [4.69, 9.17) is 4.98 Å². The molecule has 0 aliphatic carbocycles. The van der Waals surface area contributed by atoms with E-state index in [2.05, 4.69) is 86.8 Å². The van der Waals surface area contributed by atoms with Gasteiger partial charge in [0.2, 0.25) is 0 Å². The van der Waals surface area contributed by atoms with Gasteiger partial charge in [-0.2, -0.15) is 0 Å². The summed E-state index contributed by atoms with van der Waals surface area (Å²) in [6.45, 7) is 18.3. The van der Waals surface area contributed by atoms with Gasteiger partial charge >= 0.3 is 0 Å². The van der Waals surface area contributed by atoms with Crippen LogP contribution in [0.15, 0.2) is 43.1 Å². The molecule has 30 heavy (non-hydrogen) atoms. The third-order valence-corrected chi connectivity index (χ3v) is 6.52. The van der Waals surface area contributed by atoms with Crippen LogP contribution in [0.3, 0.4) is 0 Å². The maximum Gasteiger partial charge on any atom is 0.0575 e. The average molecular weight is 403 g/mol. The predicted octanol–water partition coefficient (Wildman–Crippen LogP) is 4.40. The average Bonchev–Trinajstić information content (AvgIpc) is 2.95. The Kier molecular flexibility index (Phi) is 5.56. The van der Waals surface area contributed by atoms with Gasteiger partial charge in [0.05, 0.1) is 5.54 Å². The summed E-state index contributed by atoms with van der Waals surface area (Å²) in [7, 11) is 2.20. The van der Waals surface area contributed by atoms with Gasteiger partial charge in [0.25, 0.3) is 0 Å². The molecule has 2 aromatic rings. The first kappa shape index (κ1) is 20.8. The second-order valence-electron chi connectivity index (χ2n) is 9.25. The summed E-state index contributed by atoms with van der Waals surface area (Å²) in [5, 5.41) is 3.52. The van der Waals surface area contributed by atoms with E-state index >= 15 is 0 Å². The monoisotopic (exact) mass is 402 g/mol. The molecule has 3 heterocycles. The van der Waals surface area contributed by atoms with Crippen molar-refractivity contribution in [3.8, 4) is 0 Å². The molecule has 0 spiro atoms. The van der Waals surface area contributed by atoms with Crippen molar-refractivity contribution in [2.45, 2.75) is 39.8 Å². The summed E-state index contributed by atoms with van der Waals surface area (Å²) in [5.41, 5.74) is 9.52. The highest BCUT2D eigenvalue weighted by Gasteiger charge is 2.31. The lowest BCUT2D eigenvalue weighted by Gasteiger charge is -2.32. The van der Waals surface area contributed by atoms with Crippen LogP contribution in [0.4, 0.5) is 0 Å². The third-order valence-electron chi connectivity index (χ3n) is 6.52. The van der Waals surface area contributed by atoms with Gasteiger partial charge in [-0.3, -0.25) is 9.88 Å². The first-order valence-electron chi connectivity index (χ1n) is 10.9. The Bertz CT molecular complexity index is 994. The zero-order chi connectivity index (χ0) is 21.5. The van der Waals surface area contributed by atoms with Crippen LogP contribution in [-0.2, 0) is 12.1 Å². The smallest absolute Gasteiger partial charge is 0.0575 e. The molecule has 1 fully saturated rings. The summed E-state index contributed by atoms with van der Waals surface area (Å²) in [4.78, 5) is 9.69. The second-order valence-corrected chi connectivity index (χ2v) is 9.25. The fourth-order valence-electron chi connectivity index (χ4n) is 4.68. The molecule has 2 aliphatic rings. The highest BCUT2D eigenvalue weighted by atomic mass is 15.2. The molecule has 4 rings (SSSR count). The third kappa shape index (κ3) is 3.94. The number of nitrogens with zero attached hydrogens (tertiary/aromatic N) is 3. The number of benzene rings is 1. The molecular formula is C26H34N4. The van der Waals surface area contributed by atoms with Gasteiger partial charge in [-0.1, -0.05) is 24.8 Å². The van der Waals surface area contributed by atoms with Gasteiger partial charge < -0.3 is 10.2 Å². The molecule has 0 radical (unpaired) electrons. The number of likely N-dealkylation sites (N-methyl/N-ethyl adjacent to an activating group) is 1. The number of hydrogen-bond donors (Lipinski definition) is 1. The van der Waals surface area contributed by atoms with Gasteiger partial charge in [0.15, 0.2) is 0 Å². The van der Waals surface area contributed by atoms with Crippen molar-refractivity contribution >= 4 is 11.3 Å². The predicted molar refractivity (Wildman–Crippen MR) is 126 cm³/mol. The highest BCUT2D eigenvalue weighted by Crippen LogP contribution is 2.38. The fraction of sp³-hybridized carbons (Fsp3) is 0.423. The summed E-state index contributed by atoms with van der Waals surface area (Å²) >= 11 is 0. The summed E-state index contributed by atoms with van der Waals surface area (Å²) in [6, 6.07) is 9.08. The molecule has 0 saturated carbocycles. The van der Waals surface area contributed by atoms with Crippen molar-refractivity contribution in [1.82, 2.24) is 20.1 Å². The number of nitrogens with one attached hydrogen (secondary N) is 1. The molecule has 4 nitrogen and oxygen atoms in total. The largest absolute Gasteiger partial charge is 0.376 e. The second kappa shape index (κ2) is 8.01. The van der Waals surface area contributed by atoms with Crippen LogP contribution in [0.1, 0.15) is 54.3 Å². The molecule has 158 valence electrons. The number of aromatic nitrogens is 1. The maximum atomic E-state index is 4.76. The van der Waals surface area contributed by atoms with E-state index in [1.807, 2.05) is 6.20 Å². The van der Waals surface area contributed by atoms with Gasteiger partial charge in [-0.15, -0.1) is 0 Å². The zero-order valence-electron chi connectivity index (χ0n) is 19.0. The molecule has 1 N–H and O–H groups in total. The van der Waals surface area contributed by atoms with E-state index in [1.165, 1.54) is 33.4 Å². The molecule has 1 saturated heterocycles. The normalized spacial score (nSPS) is 19.6. The van der Waals surface area contributed by atoms with Crippen molar-refractivity contribution in [3.05, 3.63) is 76.6 Å². The molecule has 1 aromatic carbocycles. The summed E-state index contributed by atoms with van der Waals surface area (Å²) in [6.07, 6.45) is 4.26. The topological polar surface area (TPSA) is 31.4 Å². The van der Waals surface area contributed by atoms with Crippen molar-refractivity contribution < 1.29 is 0 Å². The summed E-state index contributed by atoms with van der Waals surface area (Å²) in [5.74, 6) is 0. The van der Waals surface area contributed by atoms with Crippen LogP contribution in [0, 0.1) is 6.92 Å². The first-order valence-corrected chi connectivity index (χ1v) is 10.9. The SMILES string of the molecule is C=C1NC(C)(C)c2cc(/C(=C/C)c3cc(CN4CCN(C)CC4)cnc3C)ccc21. The number of aryl methyl sites for hydroxylation is 1. The minimum Gasteiger partial charge on any atom is -0.376 e. The molecule has 0 atom stereocenters. The number of allylic oxidation sites excluding steroid dienone is 1. The van der Waals surface area contributed by atoms with Crippen molar-refractivity contribution in [2.75, 3.05) is 33.2 Å². The number of piperazine rings is 1. The Morgan fingerprint density at radius 1 is 1.20 bits per heavy atom. The van der Waals surface area contributed by atoms with Gasteiger partial charge in [0, 0.05) is 61.4 Å². The Morgan fingerprint density at radius 3 is 2.63 bits per heavy atom. The molecule has 0 bridgehead atoms. The molecule has 0 unspecified atom stereocenters. The number of rotatable bonds is 4. The van der Waals surface area contributed by atoms with E-state index in [0.29, 0.717) is 0 Å². The van der Waals surface area contributed by atoms with Crippen LogP contribution in [0.2, 0.25) is 0 Å². The van der Waals surface area contributed by atoms with Gasteiger partial charge in [0.1, 0.15) is 0 Å².